The SMILES string of the molecule is CC(C)(C)n1nnnc1C1(N2CCN(C3(c4nnnn4C(C)(C)C)CCN(Cc4ccccc4)CC3)CC2)CCN(Cc2ccccc2)CC1. The molecule has 50 heavy (non-hydrogen) atoms. The number of piperazine rings is 1. The molecule has 0 N–H and O–H groups in total. The second-order valence-electron chi connectivity index (χ2n) is 16.7. The standard InChI is InChI=1S/C38H56N12/c1-35(2,3)49-33(39-41-43-49)37(17-21-45(22-18-37)29-31-13-9-7-10-14-31)47-25-27-48(28-26-47)38(34-40-42-44-50(34)36(4,5)6)19-23-46(24-20-38)30-32-15-11-8-12-16-32/h7-16H,17-30H2,1-6H3. The molecule has 0 bridgehead atoms. The lowest BCUT2D eigenvalue weighted by Crippen LogP contribution is -2.64. The quantitative estimate of drug-likeness (QED) is 0.265. The van der Waals surface area contributed by atoms with E-state index < -0.39 is 0 Å². The van der Waals surface area contributed by atoms with Crippen LogP contribution in [-0.2, 0) is 35.2 Å². The predicted molar refractivity (Wildman–Crippen MR) is 194 cm³/mol. The molecule has 0 aliphatic carbocycles. The molecule has 3 saturated heterocycles. The number of benzene rings is 2. The Morgan fingerprint density at radius 2 is 0.840 bits per heavy atom. The fraction of sp³-hybridized carbons (Fsp3) is 0.632. The van der Waals surface area contributed by atoms with Gasteiger partial charge < -0.3 is 0 Å². The van der Waals surface area contributed by atoms with Gasteiger partial charge in [0, 0.05) is 65.4 Å². The first-order chi connectivity index (χ1) is 24.0. The van der Waals surface area contributed by atoms with Crippen LogP contribution >= 0.6 is 0 Å². The molecule has 3 aliphatic rings. The largest absolute Gasteiger partial charge is 0.299 e. The maximum Gasteiger partial charge on any atom is 0.172 e. The second kappa shape index (κ2) is 13.9. The van der Waals surface area contributed by atoms with Crippen LogP contribution in [0.1, 0.15) is 90.0 Å². The van der Waals surface area contributed by atoms with E-state index >= 15 is 0 Å². The number of aromatic nitrogens is 8. The lowest BCUT2D eigenvalue weighted by atomic mass is 9.81. The van der Waals surface area contributed by atoms with Gasteiger partial charge in [-0.3, -0.25) is 19.6 Å². The maximum atomic E-state index is 4.80. The van der Waals surface area contributed by atoms with Gasteiger partial charge in [0.1, 0.15) is 0 Å². The second-order valence-corrected chi connectivity index (χ2v) is 16.7. The molecule has 2 aromatic heterocycles. The first kappa shape index (κ1) is 34.9. The van der Waals surface area contributed by atoms with Crippen molar-refractivity contribution < 1.29 is 0 Å². The van der Waals surface area contributed by atoms with Gasteiger partial charge >= 0.3 is 0 Å². The number of hydrogen-bond donors (Lipinski definition) is 0. The van der Waals surface area contributed by atoms with Crippen LogP contribution in [0.4, 0.5) is 0 Å². The highest BCUT2D eigenvalue weighted by Gasteiger charge is 2.51. The monoisotopic (exact) mass is 680 g/mol. The van der Waals surface area contributed by atoms with E-state index in [0.717, 1.165) is 103 Å². The van der Waals surface area contributed by atoms with Gasteiger partial charge in [-0.25, -0.2) is 9.36 Å². The molecular formula is C38H56N12. The van der Waals surface area contributed by atoms with Gasteiger partial charge in [-0.15, -0.1) is 10.2 Å². The summed E-state index contributed by atoms with van der Waals surface area (Å²) in [4.78, 5) is 10.6. The Morgan fingerprint density at radius 1 is 0.500 bits per heavy atom. The molecule has 12 heteroatoms. The minimum Gasteiger partial charge on any atom is -0.299 e. The topological polar surface area (TPSA) is 100 Å². The van der Waals surface area contributed by atoms with Gasteiger partial charge in [0.25, 0.3) is 0 Å². The molecule has 12 nitrogen and oxygen atoms in total. The van der Waals surface area contributed by atoms with Gasteiger partial charge in [0.05, 0.1) is 22.2 Å². The van der Waals surface area contributed by atoms with Crippen molar-refractivity contribution in [2.24, 2.45) is 0 Å². The van der Waals surface area contributed by atoms with Crippen LogP contribution in [0.5, 0.6) is 0 Å². The van der Waals surface area contributed by atoms with Crippen LogP contribution < -0.4 is 0 Å². The summed E-state index contributed by atoms with van der Waals surface area (Å²) in [7, 11) is 0. The summed E-state index contributed by atoms with van der Waals surface area (Å²) >= 11 is 0. The van der Waals surface area contributed by atoms with E-state index in [0.29, 0.717) is 0 Å². The van der Waals surface area contributed by atoms with Gasteiger partial charge in [0.2, 0.25) is 0 Å². The van der Waals surface area contributed by atoms with Crippen LogP contribution in [0, 0.1) is 0 Å². The highest BCUT2D eigenvalue weighted by Crippen LogP contribution is 2.44. The van der Waals surface area contributed by atoms with Crippen LogP contribution in [0.2, 0.25) is 0 Å². The van der Waals surface area contributed by atoms with Crippen molar-refractivity contribution in [1.29, 1.82) is 0 Å². The van der Waals surface area contributed by atoms with Gasteiger partial charge in [0.15, 0.2) is 11.6 Å². The fourth-order valence-electron chi connectivity index (χ4n) is 8.63. The third-order valence-corrected chi connectivity index (χ3v) is 11.4. The first-order valence-corrected chi connectivity index (χ1v) is 18.6. The molecule has 0 saturated carbocycles. The van der Waals surface area contributed by atoms with E-state index in [9.17, 15) is 0 Å². The van der Waals surface area contributed by atoms with Crippen LogP contribution in [-0.4, -0.2) is 112 Å². The summed E-state index contributed by atoms with van der Waals surface area (Å²) in [6.07, 6.45) is 3.99. The normalized spacial score (nSPS) is 21.4. The Bertz CT molecular complexity index is 1540. The van der Waals surface area contributed by atoms with Crippen LogP contribution in [0.3, 0.4) is 0 Å². The Hall–Kier alpha value is -3.58. The van der Waals surface area contributed by atoms with E-state index in [-0.39, 0.29) is 22.2 Å². The molecular weight excluding hydrogens is 625 g/mol. The predicted octanol–water partition coefficient (Wildman–Crippen LogP) is 4.47. The number of piperidine rings is 2. The summed E-state index contributed by atoms with van der Waals surface area (Å²) in [5.41, 5.74) is 1.86. The zero-order valence-electron chi connectivity index (χ0n) is 31.0. The van der Waals surface area contributed by atoms with Crippen molar-refractivity contribution in [2.75, 3.05) is 52.4 Å². The van der Waals surface area contributed by atoms with E-state index in [1.807, 2.05) is 0 Å². The van der Waals surface area contributed by atoms with Gasteiger partial charge in [-0.1, -0.05) is 60.7 Å². The third kappa shape index (κ3) is 6.87. The lowest BCUT2D eigenvalue weighted by molar-refractivity contribution is -0.0701. The smallest absolute Gasteiger partial charge is 0.172 e. The Balaban J connectivity index is 1.14. The third-order valence-electron chi connectivity index (χ3n) is 11.4. The number of hydrogen-bond acceptors (Lipinski definition) is 10. The number of rotatable bonds is 8. The molecule has 5 heterocycles. The fourth-order valence-corrected chi connectivity index (χ4v) is 8.63. The summed E-state index contributed by atoms with van der Waals surface area (Å²) in [5.74, 6) is 2.02. The van der Waals surface area contributed by atoms with Crippen molar-refractivity contribution >= 4 is 0 Å². The van der Waals surface area contributed by atoms with Crippen molar-refractivity contribution in [3.8, 4) is 0 Å². The highest BCUT2D eigenvalue weighted by atomic mass is 15.6. The molecule has 7 rings (SSSR count). The summed E-state index contributed by atoms with van der Waals surface area (Å²) in [5, 5.41) is 27.3. The number of likely N-dealkylation sites (tertiary alicyclic amines) is 2. The molecule has 2 aromatic carbocycles. The van der Waals surface area contributed by atoms with Crippen molar-refractivity contribution in [1.82, 2.24) is 60.0 Å². The number of nitrogens with zero attached hydrogens (tertiary/aromatic N) is 12. The van der Waals surface area contributed by atoms with E-state index in [1.165, 1.54) is 11.1 Å². The molecule has 0 radical (unpaired) electrons. The summed E-state index contributed by atoms with van der Waals surface area (Å²) in [6, 6.07) is 21.7. The van der Waals surface area contributed by atoms with E-state index in [2.05, 4.69) is 152 Å². The minimum atomic E-state index is -0.227. The van der Waals surface area contributed by atoms with Gasteiger partial charge in [-0.05, 0) is 99.2 Å². The summed E-state index contributed by atoms with van der Waals surface area (Å²) in [6.45, 7) is 23.0. The molecule has 4 aromatic rings. The van der Waals surface area contributed by atoms with E-state index in [1.54, 1.807) is 0 Å². The first-order valence-electron chi connectivity index (χ1n) is 18.6. The molecule has 3 fully saturated rings. The average Bonchev–Trinajstić information content (AvgIpc) is 3.83. The van der Waals surface area contributed by atoms with Gasteiger partial charge in [-0.2, -0.15) is 0 Å². The maximum absolute atomic E-state index is 4.80. The minimum absolute atomic E-state index is 0.212. The van der Waals surface area contributed by atoms with Crippen LogP contribution in [0.15, 0.2) is 60.7 Å². The average molecular weight is 681 g/mol. The zero-order chi connectivity index (χ0) is 35.0. The van der Waals surface area contributed by atoms with Crippen LogP contribution in [0.25, 0.3) is 0 Å². The van der Waals surface area contributed by atoms with Crippen molar-refractivity contribution in [2.45, 2.75) is 102 Å². The highest BCUT2D eigenvalue weighted by molar-refractivity contribution is 5.18. The molecule has 0 atom stereocenters. The molecule has 0 unspecified atom stereocenters. The molecule has 3 aliphatic heterocycles. The van der Waals surface area contributed by atoms with Crippen molar-refractivity contribution in [3.63, 3.8) is 0 Å². The zero-order valence-corrected chi connectivity index (χ0v) is 31.0. The lowest BCUT2D eigenvalue weighted by Gasteiger charge is -2.55. The number of tetrazole rings is 2. The van der Waals surface area contributed by atoms with Crippen molar-refractivity contribution in [3.05, 3.63) is 83.4 Å². The molecule has 0 spiro atoms. The molecule has 268 valence electrons. The Labute approximate surface area is 297 Å². The summed E-state index contributed by atoms with van der Waals surface area (Å²) < 4.78 is 4.18. The Kier molecular flexibility index (Phi) is 9.66. The molecule has 0 amide bonds. The Morgan fingerprint density at radius 3 is 1.16 bits per heavy atom. The van der Waals surface area contributed by atoms with E-state index in [4.69, 9.17) is 10.2 Å².